The number of halogens is 2. The van der Waals surface area contributed by atoms with E-state index in [1.807, 2.05) is 0 Å². The van der Waals surface area contributed by atoms with E-state index >= 15 is 0 Å². The third-order valence-electron chi connectivity index (χ3n) is 1.34. The molecule has 0 saturated heterocycles. The first-order valence-electron chi connectivity index (χ1n) is 3.23. The van der Waals surface area contributed by atoms with Crippen LogP contribution in [-0.4, -0.2) is 5.97 Å². The summed E-state index contributed by atoms with van der Waals surface area (Å²) in [4.78, 5) is 10.2. The van der Waals surface area contributed by atoms with Crippen molar-refractivity contribution in [2.75, 3.05) is 0 Å². The molecule has 0 N–H and O–H groups in total. The molecule has 0 aliphatic heterocycles. The minimum atomic E-state index is -1.13. The topological polar surface area (TPSA) is 40.1 Å². The smallest absolute Gasteiger partial charge is 0.0458 e. The van der Waals surface area contributed by atoms with E-state index in [0.29, 0.717) is 10.6 Å². The molecule has 0 amide bonds. The largest absolute Gasteiger partial charge is 0.550 e. The Balaban J connectivity index is 2.97. The predicted octanol–water partition coefficient (Wildman–Crippen LogP) is 1.39. The van der Waals surface area contributed by atoms with Gasteiger partial charge >= 0.3 is 0 Å². The highest BCUT2D eigenvalue weighted by Crippen LogP contribution is 2.20. The fraction of sp³-hybridized carbons (Fsp3) is 0.125. The van der Waals surface area contributed by atoms with E-state index in [4.69, 9.17) is 11.6 Å². The Bertz CT molecular complexity index is 312. The molecule has 12 heavy (non-hydrogen) atoms. The lowest BCUT2D eigenvalue weighted by Crippen LogP contribution is -2.24. The molecule has 0 saturated carbocycles. The molecule has 0 aromatic heterocycles. The Kier molecular flexibility index (Phi) is 3.12. The van der Waals surface area contributed by atoms with Crippen LogP contribution in [0, 0.1) is 0 Å². The van der Waals surface area contributed by atoms with Gasteiger partial charge in [-0.2, -0.15) is 0 Å². The summed E-state index contributed by atoms with van der Waals surface area (Å²) in [5, 5.41) is 10.7. The van der Waals surface area contributed by atoms with Gasteiger partial charge in [-0.25, -0.2) is 0 Å². The van der Waals surface area contributed by atoms with Gasteiger partial charge in [-0.05, 0) is 23.8 Å². The normalized spacial score (nSPS) is 9.83. The standard InChI is InChI=1S/C8H6BrClO2/c9-6-1-2-7(10)5(3-6)4-8(11)12/h1-3H,4H2,(H,11,12)/p-1. The van der Waals surface area contributed by atoms with Gasteiger partial charge in [0.05, 0.1) is 0 Å². The van der Waals surface area contributed by atoms with Crippen LogP contribution in [-0.2, 0) is 11.2 Å². The molecule has 0 heterocycles. The summed E-state index contributed by atoms with van der Waals surface area (Å²) in [5.41, 5.74) is 0.561. The maximum absolute atomic E-state index is 10.2. The summed E-state index contributed by atoms with van der Waals surface area (Å²) in [7, 11) is 0. The minimum absolute atomic E-state index is 0.154. The second-order valence-corrected chi connectivity index (χ2v) is 3.61. The first kappa shape index (κ1) is 9.55. The van der Waals surface area contributed by atoms with Crippen molar-refractivity contribution >= 4 is 33.5 Å². The number of carbonyl (C=O) groups excluding carboxylic acids is 1. The van der Waals surface area contributed by atoms with E-state index in [2.05, 4.69) is 15.9 Å². The Hall–Kier alpha value is -0.540. The summed E-state index contributed by atoms with van der Waals surface area (Å²) in [6.07, 6.45) is -0.154. The second-order valence-electron chi connectivity index (χ2n) is 2.28. The van der Waals surface area contributed by atoms with Gasteiger partial charge in [0, 0.05) is 21.9 Å². The Morgan fingerprint density at radius 1 is 1.58 bits per heavy atom. The highest BCUT2D eigenvalue weighted by molar-refractivity contribution is 9.10. The maximum Gasteiger partial charge on any atom is 0.0458 e. The van der Waals surface area contributed by atoms with Gasteiger partial charge in [-0.1, -0.05) is 27.5 Å². The van der Waals surface area contributed by atoms with Crippen molar-refractivity contribution in [2.24, 2.45) is 0 Å². The molecule has 0 unspecified atom stereocenters. The Morgan fingerprint density at radius 2 is 2.25 bits per heavy atom. The zero-order valence-electron chi connectivity index (χ0n) is 6.01. The van der Waals surface area contributed by atoms with Crippen LogP contribution in [0.3, 0.4) is 0 Å². The van der Waals surface area contributed by atoms with E-state index in [-0.39, 0.29) is 6.42 Å². The summed E-state index contributed by atoms with van der Waals surface area (Å²) in [5.74, 6) is -1.13. The number of aliphatic carboxylic acids is 1. The minimum Gasteiger partial charge on any atom is -0.550 e. The van der Waals surface area contributed by atoms with Crippen molar-refractivity contribution in [3.8, 4) is 0 Å². The summed E-state index contributed by atoms with van der Waals surface area (Å²) in [6, 6.07) is 5.06. The third-order valence-corrected chi connectivity index (χ3v) is 2.20. The molecule has 1 aromatic carbocycles. The number of carboxylic acid groups (broad SMARTS) is 1. The third kappa shape index (κ3) is 2.50. The number of carboxylic acids is 1. The molecule has 0 spiro atoms. The number of hydrogen-bond acceptors (Lipinski definition) is 2. The highest BCUT2D eigenvalue weighted by atomic mass is 79.9. The van der Waals surface area contributed by atoms with Crippen LogP contribution < -0.4 is 5.11 Å². The number of hydrogen-bond donors (Lipinski definition) is 0. The number of carbonyl (C=O) groups is 1. The van der Waals surface area contributed by atoms with E-state index < -0.39 is 5.97 Å². The highest BCUT2D eigenvalue weighted by Gasteiger charge is 2.00. The summed E-state index contributed by atoms with van der Waals surface area (Å²) in [6.45, 7) is 0. The Morgan fingerprint density at radius 3 is 2.83 bits per heavy atom. The van der Waals surface area contributed by atoms with Gasteiger partial charge in [0.15, 0.2) is 0 Å². The summed E-state index contributed by atoms with van der Waals surface area (Å²) >= 11 is 8.94. The van der Waals surface area contributed by atoms with Crippen molar-refractivity contribution in [3.63, 3.8) is 0 Å². The zero-order chi connectivity index (χ0) is 9.14. The average molecular weight is 248 g/mol. The van der Waals surface area contributed by atoms with Gasteiger partial charge in [0.2, 0.25) is 0 Å². The van der Waals surface area contributed by atoms with Gasteiger partial charge in [-0.15, -0.1) is 0 Å². The molecule has 1 aromatic rings. The van der Waals surface area contributed by atoms with Crippen molar-refractivity contribution in [1.29, 1.82) is 0 Å². The quantitative estimate of drug-likeness (QED) is 0.794. The summed E-state index contributed by atoms with van der Waals surface area (Å²) < 4.78 is 0.808. The average Bonchev–Trinajstić information content (AvgIpc) is 1.96. The Labute approximate surface area is 83.3 Å². The van der Waals surface area contributed by atoms with Crippen LogP contribution >= 0.6 is 27.5 Å². The molecule has 0 aliphatic rings. The molecule has 0 atom stereocenters. The molecule has 64 valence electrons. The maximum atomic E-state index is 10.2. The van der Waals surface area contributed by atoms with Gasteiger partial charge in [-0.3, -0.25) is 0 Å². The molecule has 1 rings (SSSR count). The molecular formula is C8H5BrClO2-. The van der Waals surface area contributed by atoms with Crippen molar-refractivity contribution in [3.05, 3.63) is 33.3 Å². The van der Waals surface area contributed by atoms with Crippen LogP contribution in [0.5, 0.6) is 0 Å². The molecule has 0 radical (unpaired) electrons. The van der Waals surface area contributed by atoms with Crippen LogP contribution in [0.4, 0.5) is 0 Å². The predicted molar refractivity (Wildman–Crippen MR) is 47.9 cm³/mol. The lowest BCUT2D eigenvalue weighted by molar-refractivity contribution is -0.304. The monoisotopic (exact) mass is 247 g/mol. The number of benzene rings is 1. The van der Waals surface area contributed by atoms with Crippen LogP contribution in [0.2, 0.25) is 5.02 Å². The lowest BCUT2D eigenvalue weighted by atomic mass is 10.1. The lowest BCUT2D eigenvalue weighted by Gasteiger charge is -2.04. The molecule has 0 bridgehead atoms. The first-order valence-corrected chi connectivity index (χ1v) is 4.40. The van der Waals surface area contributed by atoms with Gasteiger partial charge in [0.1, 0.15) is 0 Å². The van der Waals surface area contributed by atoms with E-state index in [1.54, 1.807) is 18.2 Å². The fourth-order valence-electron chi connectivity index (χ4n) is 0.834. The van der Waals surface area contributed by atoms with Crippen molar-refractivity contribution in [1.82, 2.24) is 0 Å². The SMILES string of the molecule is O=C([O-])Cc1cc(Br)ccc1Cl. The van der Waals surface area contributed by atoms with E-state index in [0.717, 1.165) is 4.47 Å². The molecule has 4 heteroatoms. The van der Waals surface area contributed by atoms with Crippen LogP contribution in [0.25, 0.3) is 0 Å². The molecule has 0 fully saturated rings. The fourth-order valence-corrected chi connectivity index (χ4v) is 1.43. The first-order chi connectivity index (χ1) is 5.59. The second kappa shape index (κ2) is 3.92. The van der Waals surface area contributed by atoms with Crippen LogP contribution in [0.1, 0.15) is 5.56 Å². The van der Waals surface area contributed by atoms with Gasteiger partial charge < -0.3 is 9.90 Å². The zero-order valence-corrected chi connectivity index (χ0v) is 8.35. The van der Waals surface area contributed by atoms with Crippen LogP contribution in [0.15, 0.2) is 22.7 Å². The van der Waals surface area contributed by atoms with E-state index in [9.17, 15) is 9.90 Å². The van der Waals surface area contributed by atoms with Gasteiger partial charge in [0.25, 0.3) is 0 Å². The molecule has 0 aliphatic carbocycles. The molecule has 2 nitrogen and oxygen atoms in total. The molecular weight excluding hydrogens is 243 g/mol. The van der Waals surface area contributed by atoms with Crippen molar-refractivity contribution < 1.29 is 9.90 Å². The number of rotatable bonds is 2. The van der Waals surface area contributed by atoms with E-state index in [1.165, 1.54) is 0 Å². The van der Waals surface area contributed by atoms with Crippen molar-refractivity contribution in [2.45, 2.75) is 6.42 Å².